The molecular weight excluding hydrogens is 228 g/mol. The van der Waals surface area contributed by atoms with Crippen LogP contribution in [0.5, 0.6) is 0 Å². The smallest absolute Gasteiger partial charge is 0.236 e. The average Bonchev–Trinajstić information content (AvgIpc) is 2.24. The molecule has 0 spiro atoms. The largest absolute Gasteiger partial charge is 0.383 e. The first-order valence-corrected chi connectivity index (χ1v) is 5.71. The minimum atomic E-state index is 0. The summed E-state index contributed by atoms with van der Waals surface area (Å²) in [6.45, 7) is 5.89. The van der Waals surface area contributed by atoms with Crippen LogP contribution < -0.4 is 5.32 Å². The van der Waals surface area contributed by atoms with Gasteiger partial charge >= 0.3 is 0 Å². The van der Waals surface area contributed by atoms with Crippen LogP contribution in [0, 0.1) is 5.92 Å². The van der Waals surface area contributed by atoms with Gasteiger partial charge in [-0.3, -0.25) is 4.79 Å². The molecule has 1 aliphatic rings. The molecule has 1 atom stereocenters. The lowest BCUT2D eigenvalue weighted by Gasteiger charge is -2.31. The highest BCUT2D eigenvalue weighted by atomic mass is 35.5. The van der Waals surface area contributed by atoms with Crippen LogP contribution in [0.1, 0.15) is 19.8 Å². The second-order valence-corrected chi connectivity index (χ2v) is 4.26. The average molecular weight is 251 g/mol. The first-order valence-electron chi connectivity index (χ1n) is 5.71. The lowest BCUT2D eigenvalue weighted by Crippen LogP contribution is -2.43. The topological polar surface area (TPSA) is 41.6 Å². The lowest BCUT2D eigenvalue weighted by molar-refractivity contribution is -0.131. The van der Waals surface area contributed by atoms with Crippen LogP contribution in [0.25, 0.3) is 0 Å². The van der Waals surface area contributed by atoms with E-state index in [1.54, 1.807) is 7.11 Å². The molecule has 0 bridgehead atoms. The molecule has 1 fully saturated rings. The summed E-state index contributed by atoms with van der Waals surface area (Å²) in [6.07, 6.45) is 2.39. The zero-order chi connectivity index (χ0) is 11.1. The minimum Gasteiger partial charge on any atom is -0.383 e. The number of carbonyl (C=O) groups excluding carboxylic acids is 1. The van der Waals surface area contributed by atoms with E-state index in [2.05, 4.69) is 12.2 Å². The number of ether oxygens (including phenoxy) is 1. The van der Waals surface area contributed by atoms with Gasteiger partial charge in [0.25, 0.3) is 0 Å². The number of halogens is 1. The van der Waals surface area contributed by atoms with Crippen molar-refractivity contribution in [3.63, 3.8) is 0 Å². The van der Waals surface area contributed by atoms with E-state index in [1.807, 2.05) is 4.90 Å². The maximum Gasteiger partial charge on any atom is 0.236 e. The Hall–Kier alpha value is -0.320. The third-order valence-corrected chi connectivity index (χ3v) is 2.77. The van der Waals surface area contributed by atoms with E-state index in [1.165, 1.54) is 6.42 Å². The number of carbonyl (C=O) groups is 1. The molecule has 1 rings (SSSR count). The standard InChI is InChI=1S/C11H22N2O2.ClH/c1-10-4-3-6-13(9-10)11(14)8-12-5-7-15-2;/h10,12H,3-9H2,1-2H3;1H. The van der Waals surface area contributed by atoms with Gasteiger partial charge in [-0.1, -0.05) is 6.92 Å². The Balaban J connectivity index is 0.00000225. The predicted molar refractivity (Wildman–Crippen MR) is 67.0 cm³/mol. The Labute approximate surface area is 104 Å². The molecule has 0 aliphatic carbocycles. The van der Waals surface area contributed by atoms with Gasteiger partial charge in [0, 0.05) is 26.7 Å². The number of hydrogen-bond donors (Lipinski definition) is 1. The van der Waals surface area contributed by atoms with Crippen molar-refractivity contribution in [3.05, 3.63) is 0 Å². The number of amides is 1. The van der Waals surface area contributed by atoms with E-state index in [9.17, 15) is 4.79 Å². The van der Waals surface area contributed by atoms with E-state index in [4.69, 9.17) is 4.74 Å². The van der Waals surface area contributed by atoms with Crippen molar-refractivity contribution in [2.24, 2.45) is 5.92 Å². The van der Waals surface area contributed by atoms with Crippen molar-refractivity contribution in [2.45, 2.75) is 19.8 Å². The highest BCUT2D eigenvalue weighted by molar-refractivity contribution is 5.85. The van der Waals surface area contributed by atoms with Crippen molar-refractivity contribution in [3.8, 4) is 0 Å². The highest BCUT2D eigenvalue weighted by Crippen LogP contribution is 2.14. The second kappa shape index (κ2) is 8.79. The van der Waals surface area contributed by atoms with Crippen molar-refractivity contribution in [1.29, 1.82) is 0 Å². The summed E-state index contributed by atoms with van der Waals surface area (Å²) in [4.78, 5) is 13.7. The molecule has 0 radical (unpaired) electrons. The van der Waals surface area contributed by atoms with Crippen LogP contribution in [0.4, 0.5) is 0 Å². The monoisotopic (exact) mass is 250 g/mol. The third-order valence-electron chi connectivity index (χ3n) is 2.77. The molecule has 1 amide bonds. The van der Waals surface area contributed by atoms with Crippen molar-refractivity contribution in [1.82, 2.24) is 10.2 Å². The SMILES string of the molecule is COCCNCC(=O)N1CCCC(C)C1.Cl. The number of hydrogen-bond acceptors (Lipinski definition) is 3. The first-order chi connectivity index (χ1) is 7.24. The Kier molecular flexibility index (Phi) is 8.61. The van der Waals surface area contributed by atoms with Crippen LogP contribution in [-0.2, 0) is 9.53 Å². The van der Waals surface area contributed by atoms with Crippen molar-refractivity contribution >= 4 is 18.3 Å². The van der Waals surface area contributed by atoms with E-state index >= 15 is 0 Å². The third kappa shape index (κ3) is 5.68. The maximum atomic E-state index is 11.7. The molecule has 1 saturated heterocycles. The maximum absolute atomic E-state index is 11.7. The Morgan fingerprint density at radius 1 is 1.56 bits per heavy atom. The number of nitrogens with zero attached hydrogens (tertiary/aromatic N) is 1. The van der Waals surface area contributed by atoms with Crippen molar-refractivity contribution in [2.75, 3.05) is 39.9 Å². The molecule has 5 heteroatoms. The molecular formula is C11H23ClN2O2. The van der Waals surface area contributed by atoms with E-state index < -0.39 is 0 Å². The van der Waals surface area contributed by atoms with Crippen molar-refractivity contribution < 1.29 is 9.53 Å². The molecule has 96 valence electrons. The molecule has 1 aliphatic heterocycles. The van der Waals surface area contributed by atoms with E-state index in [0.29, 0.717) is 19.1 Å². The van der Waals surface area contributed by atoms with Gasteiger partial charge in [-0.25, -0.2) is 0 Å². The molecule has 16 heavy (non-hydrogen) atoms. The summed E-state index contributed by atoms with van der Waals surface area (Å²) >= 11 is 0. The van der Waals surface area contributed by atoms with E-state index in [-0.39, 0.29) is 18.3 Å². The molecule has 0 saturated carbocycles. The summed E-state index contributed by atoms with van der Waals surface area (Å²) < 4.78 is 4.90. The number of nitrogens with one attached hydrogen (secondary N) is 1. The number of piperidine rings is 1. The van der Waals surface area contributed by atoms with Gasteiger partial charge in [0.1, 0.15) is 0 Å². The van der Waals surface area contributed by atoms with Crippen LogP contribution >= 0.6 is 12.4 Å². The molecule has 0 aromatic carbocycles. The molecule has 4 nitrogen and oxygen atoms in total. The summed E-state index contributed by atoms with van der Waals surface area (Å²) in [6, 6.07) is 0. The highest BCUT2D eigenvalue weighted by Gasteiger charge is 2.19. The number of methoxy groups -OCH3 is 1. The van der Waals surface area contributed by atoms with Gasteiger partial charge < -0.3 is 15.0 Å². The first kappa shape index (κ1) is 15.7. The van der Waals surface area contributed by atoms with Gasteiger partial charge in [0.2, 0.25) is 5.91 Å². The summed E-state index contributed by atoms with van der Waals surface area (Å²) in [5.74, 6) is 0.874. The summed E-state index contributed by atoms with van der Waals surface area (Å²) in [5.41, 5.74) is 0. The summed E-state index contributed by atoms with van der Waals surface area (Å²) in [7, 11) is 1.66. The van der Waals surface area contributed by atoms with Gasteiger partial charge in [-0.05, 0) is 18.8 Å². The molecule has 0 aromatic rings. The number of likely N-dealkylation sites (tertiary alicyclic amines) is 1. The van der Waals surface area contributed by atoms with Crippen LogP contribution in [0.15, 0.2) is 0 Å². The van der Waals surface area contributed by atoms with Gasteiger partial charge in [0.05, 0.1) is 13.2 Å². The Morgan fingerprint density at radius 3 is 2.94 bits per heavy atom. The Bertz CT molecular complexity index is 202. The molecule has 0 aromatic heterocycles. The second-order valence-electron chi connectivity index (χ2n) is 4.26. The van der Waals surface area contributed by atoms with E-state index in [0.717, 1.165) is 26.1 Å². The van der Waals surface area contributed by atoms with Crippen LogP contribution in [-0.4, -0.2) is 50.7 Å². The Morgan fingerprint density at radius 2 is 2.31 bits per heavy atom. The fourth-order valence-corrected chi connectivity index (χ4v) is 1.90. The minimum absolute atomic E-state index is 0. The molecule has 1 unspecified atom stereocenters. The molecule has 1 heterocycles. The summed E-state index contributed by atoms with van der Waals surface area (Å²) in [5, 5.41) is 3.08. The van der Waals surface area contributed by atoms with Gasteiger partial charge in [-0.15, -0.1) is 12.4 Å². The van der Waals surface area contributed by atoms with Crippen LogP contribution in [0.2, 0.25) is 0 Å². The fraction of sp³-hybridized carbons (Fsp3) is 0.909. The van der Waals surface area contributed by atoms with Crippen LogP contribution in [0.3, 0.4) is 0 Å². The fourth-order valence-electron chi connectivity index (χ4n) is 1.90. The van der Waals surface area contributed by atoms with Gasteiger partial charge in [0.15, 0.2) is 0 Å². The molecule has 1 N–H and O–H groups in total. The van der Waals surface area contributed by atoms with Gasteiger partial charge in [-0.2, -0.15) is 0 Å². The zero-order valence-electron chi connectivity index (χ0n) is 10.2. The zero-order valence-corrected chi connectivity index (χ0v) is 11.0. The predicted octanol–water partition coefficient (Wildman–Crippen LogP) is 0.903. The number of rotatable bonds is 5. The normalized spacial score (nSPS) is 20.4. The lowest BCUT2D eigenvalue weighted by atomic mass is 10.0. The quantitative estimate of drug-likeness (QED) is 0.738.